The van der Waals surface area contributed by atoms with E-state index < -0.39 is 0 Å². The van der Waals surface area contributed by atoms with Gasteiger partial charge >= 0.3 is 0 Å². The Hall–Kier alpha value is -1.84. The second-order valence-corrected chi connectivity index (χ2v) is 5.18. The Bertz CT molecular complexity index is 557. The molecule has 0 unspecified atom stereocenters. The molecule has 2 rings (SSSR count). The van der Waals surface area contributed by atoms with E-state index in [-0.39, 0.29) is 5.82 Å². The molecule has 20 heavy (non-hydrogen) atoms. The summed E-state index contributed by atoms with van der Waals surface area (Å²) >= 11 is 0. The minimum atomic E-state index is -0.253. The van der Waals surface area contributed by atoms with Crippen LogP contribution in [0.15, 0.2) is 24.3 Å². The smallest absolute Gasteiger partial charge is 0.153 e. The normalized spacial score (nSPS) is 11.2. The van der Waals surface area contributed by atoms with Crippen LogP contribution in [0.2, 0.25) is 0 Å². The number of aromatic amines is 1. The molecule has 0 spiro atoms. The summed E-state index contributed by atoms with van der Waals surface area (Å²) in [5.41, 5.74) is 8.68. The molecule has 0 saturated heterocycles. The quantitative estimate of drug-likeness (QED) is 0.816. The van der Waals surface area contributed by atoms with E-state index in [1.165, 1.54) is 12.1 Å². The molecule has 0 fully saturated rings. The Morgan fingerprint density at radius 1 is 1.25 bits per heavy atom. The van der Waals surface area contributed by atoms with Gasteiger partial charge in [-0.05, 0) is 30.5 Å². The molecule has 108 valence electrons. The van der Waals surface area contributed by atoms with Gasteiger partial charge in [0.25, 0.3) is 0 Å². The van der Waals surface area contributed by atoms with Crippen LogP contribution in [0.4, 0.5) is 10.2 Å². The molecule has 0 aliphatic heterocycles. The van der Waals surface area contributed by atoms with Gasteiger partial charge in [0.1, 0.15) is 5.82 Å². The van der Waals surface area contributed by atoms with E-state index in [1.54, 1.807) is 6.07 Å². The first-order valence-corrected chi connectivity index (χ1v) is 7.27. The molecule has 0 aliphatic rings. The SMILES string of the molecule is CCCC(CCC)c1[nH]nc(N)c1-c1cccc(F)c1. The van der Waals surface area contributed by atoms with Crippen molar-refractivity contribution in [3.05, 3.63) is 35.8 Å². The number of nitrogens with zero attached hydrogens (tertiary/aromatic N) is 1. The summed E-state index contributed by atoms with van der Waals surface area (Å²) in [6.07, 6.45) is 4.37. The van der Waals surface area contributed by atoms with Gasteiger partial charge in [0, 0.05) is 17.2 Å². The third-order valence-electron chi connectivity index (χ3n) is 3.62. The molecule has 0 amide bonds. The first-order chi connectivity index (χ1) is 9.67. The number of nitrogen functional groups attached to an aromatic ring is 1. The van der Waals surface area contributed by atoms with E-state index >= 15 is 0 Å². The van der Waals surface area contributed by atoms with Crippen molar-refractivity contribution < 1.29 is 4.39 Å². The predicted molar refractivity (Wildman–Crippen MR) is 81.0 cm³/mol. The highest BCUT2D eigenvalue weighted by atomic mass is 19.1. The summed E-state index contributed by atoms with van der Waals surface area (Å²) in [7, 11) is 0. The van der Waals surface area contributed by atoms with Crippen LogP contribution in [-0.2, 0) is 0 Å². The van der Waals surface area contributed by atoms with E-state index in [2.05, 4.69) is 24.0 Å². The lowest BCUT2D eigenvalue weighted by Crippen LogP contribution is -2.01. The molecule has 1 aromatic heterocycles. The van der Waals surface area contributed by atoms with Crippen LogP contribution in [0.1, 0.15) is 51.1 Å². The maximum atomic E-state index is 13.4. The van der Waals surface area contributed by atoms with E-state index in [0.29, 0.717) is 11.7 Å². The third kappa shape index (κ3) is 3.00. The number of benzene rings is 1. The molecule has 1 heterocycles. The molecule has 1 aromatic carbocycles. The highest BCUT2D eigenvalue weighted by molar-refractivity contribution is 5.76. The van der Waals surface area contributed by atoms with E-state index in [0.717, 1.165) is 42.5 Å². The Balaban J connectivity index is 2.45. The molecule has 0 saturated carbocycles. The molecule has 0 bridgehead atoms. The first-order valence-electron chi connectivity index (χ1n) is 7.27. The fourth-order valence-electron chi connectivity index (χ4n) is 2.74. The summed E-state index contributed by atoms with van der Waals surface area (Å²) in [5, 5.41) is 7.20. The van der Waals surface area contributed by atoms with Crippen LogP contribution in [0.3, 0.4) is 0 Å². The number of halogens is 1. The standard InChI is InChI=1S/C16H22FN3/c1-3-6-11(7-4-2)15-14(16(18)20-19-15)12-8-5-9-13(17)10-12/h5,8-11H,3-4,6-7H2,1-2H3,(H3,18,19,20). The number of rotatable bonds is 6. The zero-order valence-electron chi connectivity index (χ0n) is 12.1. The summed E-state index contributed by atoms with van der Waals surface area (Å²) in [5.74, 6) is 0.590. The minimum absolute atomic E-state index is 0.253. The van der Waals surface area contributed by atoms with E-state index in [9.17, 15) is 4.39 Å². The lowest BCUT2D eigenvalue weighted by molar-refractivity contribution is 0.548. The third-order valence-corrected chi connectivity index (χ3v) is 3.62. The van der Waals surface area contributed by atoms with Crippen LogP contribution in [0.25, 0.3) is 11.1 Å². The largest absolute Gasteiger partial charge is 0.382 e. The molecular formula is C16H22FN3. The van der Waals surface area contributed by atoms with Crippen molar-refractivity contribution in [2.75, 3.05) is 5.73 Å². The number of hydrogen-bond acceptors (Lipinski definition) is 2. The van der Waals surface area contributed by atoms with E-state index in [1.807, 2.05) is 6.07 Å². The Morgan fingerprint density at radius 2 is 1.95 bits per heavy atom. The van der Waals surface area contributed by atoms with Gasteiger partial charge in [-0.15, -0.1) is 0 Å². The molecular weight excluding hydrogens is 253 g/mol. The van der Waals surface area contributed by atoms with Crippen LogP contribution < -0.4 is 5.73 Å². The lowest BCUT2D eigenvalue weighted by atomic mass is 9.90. The topological polar surface area (TPSA) is 54.7 Å². The average molecular weight is 275 g/mol. The fourth-order valence-corrected chi connectivity index (χ4v) is 2.74. The monoisotopic (exact) mass is 275 g/mol. The lowest BCUT2D eigenvalue weighted by Gasteiger charge is -2.16. The van der Waals surface area contributed by atoms with E-state index in [4.69, 9.17) is 5.73 Å². The van der Waals surface area contributed by atoms with Crippen LogP contribution in [0.5, 0.6) is 0 Å². The summed E-state index contributed by atoms with van der Waals surface area (Å²) < 4.78 is 13.4. The van der Waals surface area contributed by atoms with Crippen molar-refractivity contribution in [3.8, 4) is 11.1 Å². The van der Waals surface area contributed by atoms with Crippen molar-refractivity contribution in [2.24, 2.45) is 0 Å². The van der Waals surface area contributed by atoms with Crippen molar-refractivity contribution >= 4 is 5.82 Å². The Labute approximate surface area is 119 Å². The maximum Gasteiger partial charge on any atom is 0.153 e. The molecule has 4 heteroatoms. The minimum Gasteiger partial charge on any atom is -0.382 e. The number of nitrogens with one attached hydrogen (secondary N) is 1. The van der Waals surface area contributed by atoms with Gasteiger partial charge in [-0.3, -0.25) is 5.10 Å². The average Bonchev–Trinajstić information content (AvgIpc) is 2.80. The first kappa shape index (κ1) is 14.6. The van der Waals surface area contributed by atoms with Gasteiger partial charge < -0.3 is 5.73 Å². The van der Waals surface area contributed by atoms with Gasteiger partial charge in [0.2, 0.25) is 0 Å². The van der Waals surface area contributed by atoms with Gasteiger partial charge in [-0.2, -0.15) is 5.10 Å². The number of anilines is 1. The number of H-pyrrole nitrogens is 1. The summed E-state index contributed by atoms with van der Waals surface area (Å²) in [6, 6.07) is 6.53. The molecule has 0 aliphatic carbocycles. The number of hydrogen-bond donors (Lipinski definition) is 2. The molecule has 0 atom stereocenters. The second kappa shape index (κ2) is 6.55. The summed E-state index contributed by atoms with van der Waals surface area (Å²) in [6.45, 7) is 4.34. The zero-order valence-corrected chi connectivity index (χ0v) is 12.1. The predicted octanol–water partition coefficient (Wildman–Crippen LogP) is 4.48. The van der Waals surface area contributed by atoms with Crippen molar-refractivity contribution in [1.82, 2.24) is 10.2 Å². The highest BCUT2D eigenvalue weighted by Gasteiger charge is 2.20. The van der Waals surface area contributed by atoms with Crippen molar-refractivity contribution in [3.63, 3.8) is 0 Å². The highest BCUT2D eigenvalue weighted by Crippen LogP contribution is 2.36. The number of aromatic nitrogens is 2. The Morgan fingerprint density at radius 3 is 2.55 bits per heavy atom. The summed E-state index contributed by atoms with van der Waals surface area (Å²) in [4.78, 5) is 0. The molecule has 0 radical (unpaired) electrons. The maximum absolute atomic E-state index is 13.4. The number of nitrogens with two attached hydrogens (primary N) is 1. The van der Waals surface area contributed by atoms with Gasteiger partial charge in [-0.1, -0.05) is 38.8 Å². The molecule has 3 nitrogen and oxygen atoms in total. The van der Waals surface area contributed by atoms with Crippen molar-refractivity contribution in [2.45, 2.75) is 45.4 Å². The Kier molecular flexibility index (Phi) is 4.77. The fraction of sp³-hybridized carbons (Fsp3) is 0.438. The second-order valence-electron chi connectivity index (χ2n) is 5.18. The van der Waals surface area contributed by atoms with Crippen LogP contribution >= 0.6 is 0 Å². The van der Waals surface area contributed by atoms with Gasteiger partial charge in [-0.25, -0.2) is 4.39 Å². The van der Waals surface area contributed by atoms with Gasteiger partial charge in [0.05, 0.1) is 0 Å². The molecule has 3 N–H and O–H groups in total. The van der Waals surface area contributed by atoms with Gasteiger partial charge in [0.15, 0.2) is 5.82 Å². The van der Waals surface area contributed by atoms with Crippen LogP contribution in [0, 0.1) is 5.82 Å². The zero-order chi connectivity index (χ0) is 14.5. The van der Waals surface area contributed by atoms with Crippen LogP contribution in [-0.4, -0.2) is 10.2 Å². The molecule has 2 aromatic rings. The van der Waals surface area contributed by atoms with Crippen molar-refractivity contribution in [1.29, 1.82) is 0 Å².